The highest BCUT2D eigenvalue weighted by Crippen LogP contribution is 2.43. The molecule has 42 heavy (non-hydrogen) atoms. The number of benzene rings is 1. The quantitative estimate of drug-likeness (QED) is 0.0540. The summed E-state index contributed by atoms with van der Waals surface area (Å²) in [6, 6.07) is 9.08. The fraction of sp³-hybridized carbons (Fsp3) is 0.240. The number of carbonyl (C=O) groups is 3. The number of nitrogen functional groups attached to an aromatic ring is 3. The van der Waals surface area contributed by atoms with Crippen LogP contribution < -0.4 is 27.1 Å². The van der Waals surface area contributed by atoms with E-state index in [-0.39, 0.29) is 57.4 Å². The Morgan fingerprint density at radius 2 is 2.02 bits per heavy atom. The third kappa shape index (κ3) is 5.57. The molecule has 4 heterocycles. The van der Waals surface area contributed by atoms with Gasteiger partial charge in [-0.2, -0.15) is 4.57 Å². The standard InChI is InChI=1S/C25H25N9O5S3/c1-2-39-32-16(14-11-41-24(28)29-14)20(35)30-17-18(26)31-25(33(19(17)27)12-6-4-3-5-7-12)42-10-13-21(36)34-15(23(37)38)8-9-40-22(13)34/h3-8,11,13,22H,2,9-10H2,1H3,(H7,26,27,28,29,30,32,35,37,38)/p+1. The van der Waals surface area contributed by atoms with Crippen LogP contribution in [0.25, 0.3) is 5.69 Å². The molecule has 5 rings (SSSR count). The molecule has 218 valence electrons. The molecule has 2 aliphatic rings. The first-order chi connectivity index (χ1) is 20.2. The number of amides is 2. The van der Waals surface area contributed by atoms with Gasteiger partial charge in [-0.25, -0.2) is 9.78 Å². The highest BCUT2D eigenvalue weighted by atomic mass is 32.2. The summed E-state index contributed by atoms with van der Waals surface area (Å²) < 4.78 is 1.62. The predicted octanol–water partition coefficient (Wildman–Crippen LogP) is 1.53. The van der Waals surface area contributed by atoms with E-state index in [1.54, 1.807) is 29.0 Å². The molecule has 0 saturated carbocycles. The summed E-state index contributed by atoms with van der Waals surface area (Å²) in [5, 5.41) is 18.0. The Morgan fingerprint density at radius 3 is 2.69 bits per heavy atom. The maximum atomic E-state index is 13.3. The lowest BCUT2D eigenvalue weighted by Crippen LogP contribution is -2.61. The minimum absolute atomic E-state index is 0.00337. The van der Waals surface area contributed by atoms with E-state index in [9.17, 15) is 19.5 Å². The molecule has 3 aromatic rings. The second-order valence-electron chi connectivity index (χ2n) is 8.84. The number of thiazole rings is 1. The average molecular weight is 629 g/mol. The van der Waals surface area contributed by atoms with Crippen molar-refractivity contribution in [3.8, 4) is 5.69 Å². The summed E-state index contributed by atoms with van der Waals surface area (Å²) in [5.74, 6) is -1.69. The van der Waals surface area contributed by atoms with Gasteiger partial charge in [0.1, 0.15) is 23.7 Å². The minimum Gasteiger partial charge on any atom is -0.477 e. The van der Waals surface area contributed by atoms with E-state index >= 15 is 0 Å². The molecule has 2 aliphatic heterocycles. The summed E-state index contributed by atoms with van der Waals surface area (Å²) in [6.45, 7) is 1.94. The second-order valence-corrected chi connectivity index (χ2v) is 11.9. The zero-order valence-electron chi connectivity index (χ0n) is 22.1. The van der Waals surface area contributed by atoms with Crippen molar-refractivity contribution in [1.29, 1.82) is 0 Å². The maximum absolute atomic E-state index is 13.3. The van der Waals surface area contributed by atoms with Gasteiger partial charge in [0.25, 0.3) is 11.7 Å². The van der Waals surface area contributed by atoms with E-state index in [0.29, 0.717) is 22.3 Å². The average Bonchev–Trinajstić information content (AvgIpc) is 3.40. The molecule has 0 aliphatic carbocycles. The first kappa shape index (κ1) is 29.2. The van der Waals surface area contributed by atoms with Crippen molar-refractivity contribution in [1.82, 2.24) is 14.9 Å². The number of anilines is 4. The number of rotatable bonds is 10. The number of thioether (sulfide) groups is 2. The highest BCUT2D eigenvalue weighted by Gasteiger charge is 2.52. The van der Waals surface area contributed by atoms with Crippen LogP contribution >= 0.6 is 34.9 Å². The first-order valence-electron chi connectivity index (χ1n) is 12.5. The monoisotopic (exact) mass is 628 g/mol. The molecule has 2 unspecified atom stereocenters. The van der Waals surface area contributed by atoms with E-state index in [2.05, 4.69) is 20.4 Å². The molecule has 14 nitrogen and oxygen atoms in total. The zero-order chi connectivity index (χ0) is 30.0. The maximum Gasteiger partial charge on any atom is 0.352 e. The molecule has 2 atom stereocenters. The number of nitrogens with one attached hydrogen (secondary N) is 1. The van der Waals surface area contributed by atoms with Crippen molar-refractivity contribution in [3.63, 3.8) is 0 Å². The van der Waals surface area contributed by atoms with Gasteiger partial charge in [-0.05, 0) is 25.1 Å². The lowest BCUT2D eigenvalue weighted by Gasteiger charge is -2.48. The molecule has 2 amide bonds. The number of oxime groups is 1. The van der Waals surface area contributed by atoms with Crippen molar-refractivity contribution < 1.29 is 28.9 Å². The Kier molecular flexibility index (Phi) is 8.51. The molecule has 8 N–H and O–H groups in total. The molecule has 1 saturated heterocycles. The summed E-state index contributed by atoms with van der Waals surface area (Å²) in [7, 11) is 0. The Hall–Kier alpha value is -4.35. The number of nitrogens with zero attached hydrogens (tertiary/aromatic N) is 5. The van der Waals surface area contributed by atoms with Gasteiger partial charge in [0, 0.05) is 16.9 Å². The largest absolute Gasteiger partial charge is 0.477 e. The minimum atomic E-state index is -1.13. The topological polar surface area (TPSA) is 216 Å². The van der Waals surface area contributed by atoms with Gasteiger partial charge in [-0.15, -0.1) is 23.1 Å². The molecule has 1 fully saturated rings. The molecule has 17 heteroatoms. The summed E-state index contributed by atoms with van der Waals surface area (Å²) in [4.78, 5) is 52.9. The third-order valence-electron chi connectivity index (χ3n) is 6.25. The van der Waals surface area contributed by atoms with Crippen molar-refractivity contribution in [2.24, 2.45) is 11.1 Å². The number of hydrogen-bond donors (Lipinski definition) is 5. The normalized spacial score (nSPS) is 18.1. The van der Waals surface area contributed by atoms with E-state index in [1.807, 2.05) is 18.2 Å². The number of carboxylic acid groups (broad SMARTS) is 1. The number of fused-ring (bicyclic) bond motifs is 1. The van der Waals surface area contributed by atoms with Gasteiger partial charge in [-0.1, -0.05) is 40.1 Å². The first-order valence-corrected chi connectivity index (χ1v) is 15.4. The number of nitrogens with two attached hydrogens (primary N) is 3. The third-order valence-corrected chi connectivity index (χ3v) is 9.22. The number of carbonyl (C=O) groups excluding carboxylic acids is 2. The van der Waals surface area contributed by atoms with Crippen LogP contribution in [0.1, 0.15) is 12.6 Å². The lowest BCUT2D eigenvalue weighted by molar-refractivity contribution is -0.625. The van der Waals surface area contributed by atoms with Crippen LogP contribution in [0.15, 0.2) is 57.8 Å². The number of aliphatic carboxylic acids is 1. The van der Waals surface area contributed by atoms with E-state index in [1.165, 1.54) is 34.5 Å². The molecule has 2 aromatic heterocycles. The molecule has 0 radical (unpaired) electrons. The Balaban J connectivity index is 1.44. The Morgan fingerprint density at radius 1 is 1.26 bits per heavy atom. The second kappa shape index (κ2) is 12.3. The van der Waals surface area contributed by atoms with Gasteiger partial charge in [0.2, 0.25) is 11.7 Å². The molecule has 0 bridgehead atoms. The van der Waals surface area contributed by atoms with E-state index in [4.69, 9.17) is 22.0 Å². The molecule has 1 aromatic carbocycles. The molecule has 0 spiro atoms. The van der Waals surface area contributed by atoms with Crippen LogP contribution in [0.4, 0.5) is 22.5 Å². The number of aromatic nitrogens is 3. The number of para-hydroxylation sites is 1. The summed E-state index contributed by atoms with van der Waals surface area (Å²) in [6.07, 6.45) is 1.54. The fourth-order valence-corrected chi connectivity index (χ4v) is 7.39. The van der Waals surface area contributed by atoms with Gasteiger partial charge in [-0.3, -0.25) is 14.5 Å². The Bertz CT molecular complexity index is 1610. The number of carboxylic acids is 1. The van der Waals surface area contributed by atoms with Gasteiger partial charge in [0.05, 0.1) is 11.3 Å². The zero-order valence-corrected chi connectivity index (χ0v) is 24.5. The van der Waals surface area contributed by atoms with Crippen molar-refractivity contribution >= 4 is 80.8 Å². The van der Waals surface area contributed by atoms with Crippen LogP contribution in [0.5, 0.6) is 0 Å². The summed E-state index contributed by atoms with van der Waals surface area (Å²) in [5.41, 5.74) is 19.4. The van der Waals surface area contributed by atoms with Gasteiger partial charge >= 0.3 is 11.1 Å². The smallest absolute Gasteiger partial charge is 0.352 e. The predicted molar refractivity (Wildman–Crippen MR) is 161 cm³/mol. The number of β-lactam (4-membered cyclic amide) rings is 1. The van der Waals surface area contributed by atoms with Gasteiger partial charge in [0.15, 0.2) is 16.5 Å². The van der Waals surface area contributed by atoms with Gasteiger partial charge < -0.3 is 32.5 Å². The molecular weight excluding hydrogens is 603 g/mol. The summed E-state index contributed by atoms with van der Waals surface area (Å²) >= 11 is 3.89. The molecular formula is C25H26N9O5S3+. The van der Waals surface area contributed by atoms with Crippen LogP contribution in [0.3, 0.4) is 0 Å². The van der Waals surface area contributed by atoms with E-state index in [0.717, 1.165) is 11.3 Å². The lowest BCUT2D eigenvalue weighted by atomic mass is 9.99. The van der Waals surface area contributed by atoms with Crippen LogP contribution in [0.2, 0.25) is 0 Å². The highest BCUT2D eigenvalue weighted by molar-refractivity contribution is 8.00. The van der Waals surface area contributed by atoms with Crippen molar-refractivity contribution in [3.05, 3.63) is 53.2 Å². The fourth-order valence-electron chi connectivity index (χ4n) is 4.31. The SMILES string of the molecule is CCO/N=C(\C(=O)Nc1c(N)nc(SCC2C(=O)N3C(C(=O)O)=CCSC23)[n+](-c2ccccc2)c1N)c1csc(N)n1. The van der Waals surface area contributed by atoms with Crippen LogP contribution in [0, 0.1) is 5.92 Å². The van der Waals surface area contributed by atoms with Crippen molar-refractivity contribution in [2.75, 3.05) is 40.6 Å². The van der Waals surface area contributed by atoms with Crippen molar-refractivity contribution in [2.45, 2.75) is 17.5 Å². The Labute approximate surface area is 252 Å². The number of hydrogen-bond acceptors (Lipinski definition) is 13. The van der Waals surface area contributed by atoms with Crippen LogP contribution in [-0.2, 0) is 19.2 Å². The van der Waals surface area contributed by atoms with E-state index < -0.39 is 17.8 Å². The van der Waals surface area contributed by atoms with Crippen LogP contribution in [-0.4, -0.2) is 67.0 Å².